The van der Waals surface area contributed by atoms with Crippen molar-refractivity contribution in [3.63, 3.8) is 0 Å². The van der Waals surface area contributed by atoms with E-state index in [2.05, 4.69) is 5.32 Å². The SMILES string of the molecule is CC(NC(=O)C[C@@H](CO)C(F)(F)F)c1ccccc1. The van der Waals surface area contributed by atoms with Gasteiger partial charge in [0.2, 0.25) is 5.91 Å². The molecule has 1 aromatic rings. The van der Waals surface area contributed by atoms with Gasteiger partial charge in [-0.3, -0.25) is 4.79 Å². The van der Waals surface area contributed by atoms with Crippen molar-refractivity contribution in [3.8, 4) is 0 Å². The first-order valence-electron chi connectivity index (χ1n) is 5.86. The number of hydrogen-bond acceptors (Lipinski definition) is 2. The van der Waals surface area contributed by atoms with Gasteiger partial charge in [-0.25, -0.2) is 0 Å². The number of nitrogens with one attached hydrogen (secondary N) is 1. The van der Waals surface area contributed by atoms with E-state index in [9.17, 15) is 18.0 Å². The van der Waals surface area contributed by atoms with Crippen LogP contribution in [-0.4, -0.2) is 23.8 Å². The fraction of sp³-hybridized carbons (Fsp3) is 0.462. The minimum atomic E-state index is -4.57. The standard InChI is InChI=1S/C13H16F3NO2/c1-9(10-5-3-2-4-6-10)17-12(19)7-11(8-18)13(14,15)16/h2-6,9,11,18H,7-8H2,1H3,(H,17,19)/t9?,11-/m0/s1. The quantitative estimate of drug-likeness (QED) is 0.867. The minimum absolute atomic E-state index is 0.374. The van der Waals surface area contributed by atoms with Crippen LogP contribution in [0.15, 0.2) is 30.3 Å². The second-order valence-corrected chi connectivity index (χ2v) is 4.33. The van der Waals surface area contributed by atoms with Crippen LogP contribution >= 0.6 is 0 Å². The minimum Gasteiger partial charge on any atom is -0.396 e. The average Bonchev–Trinajstić information content (AvgIpc) is 2.35. The highest BCUT2D eigenvalue weighted by atomic mass is 19.4. The average molecular weight is 275 g/mol. The summed E-state index contributed by atoms with van der Waals surface area (Å²) >= 11 is 0. The Kier molecular flexibility index (Phi) is 5.35. The lowest BCUT2D eigenvalue weighted by Gasteiger charge is -2.19. The molecule has 3 nitrogen and oxygen atoms in total. The number of amides is 1. The number of halogens is 3. The van der Waals surface area contributed by atoms with Crippen molar-refractivity contribution in [3.05, 3.63) is 35.9 Å². The van der Waals surface area contributed by atoms with Crippen LogP contribution in [0.4, 0.5) is 13.2 Å². The van der Waals surface area contributed by atoms with Crippen LogP contribution in [0.2, 0.25) is 0 Å². The van der Waals surface area contributed by atoms with E-state index in [0.29, 0.717) is 0 Å². The number of alkyl halides is 3. The predicted molar refractivity (Wildman–Crippen MR) is 64.2 cm³/mol. The molecule has 0 bridgehead atoms. The van der Waals surface area contributed by atoms with E-state index in [4.69, 9.17) is 5.11 Å². The highest BCUT2D eigenvalue weighted by molar-refractivity contribution is 5.76. The highest BCUT2D eigenvalue weighted by Crippen LogP contribution is 2.28. The molecule has 6 heteroatoms. The Morgan fingerprint density at radius 1 is 1.32 bits per heavy atom. The van der Waals surface area contributed by atoms with Gasteiger partial charge in [-0.05, 0) is 12.5 Å². The number of hydrogen-bond donors (Lipinski definition) is 2. The predicted octanol–water partition coefficient (Wildman–Crippen LogP) is 2.42. The zero-order chi connectivity index (χ0) is 14.5. The van der Waals surface area contributed by atoms with E-state index in [0.717, 1.165) is 5.56 Å². The number of aliphatic hydroxyl groups is 1. The fourth-order valence-corrected chi connectivity index (χ4v) is 1.63. The van der Waals surface area contributed by atoms with Gasteiger partial charge in [0.05, 0.1) is 18.6 Å². The molecular formula is C13H16F3NO2. The van der Waals surface area contributed by atoms with E-state index < -0.39 is 31.0 Å². The maximum absolute atomic E-state index is 12.4. The van der Waals surface area contributed by atoms with Crippen LogP contribution < -0.4 is 5.32 Å². The Balaban J connectivity index is 2.56. The molecule has 0 saturated heterocycles. The third kappa shape index (κ3) is 4.90. The first-order valence-corrected chi connectivity index (χ1v) is 5.86. The number of carbonyl (C=O) groups excluding carboxylic acids is 1. The molecule has 19 heavy (non-hydrogen) atoms. The number of rotatable bonds is 5. The number of carbonyl (C=O) groups is 1. The number of aliphatic hydroxyl groups excluding tert-OH is 1. The normalized spacial score (nSPS) is 14.8. The Morgan fingerprint density at radius 2 is 1.89 bits per heavy atom. The molecule has 0 aliphatic carbocycles. The van der Waals surface area contributed by atoms with Crippen LogP contribution in [0.3, 0.4) is 0 Å². The molecular weight excluding hydrogens is 259 g/mol. The van der Waals surface area contributed by atoms with Gasteiger partial charge in [-0.2, -0.15) is 13.2 Å². The van der Waals surface area contributed by atoms with Crippen molar-refractivity contribution >= 4 is 5.91 Å². The zero-order valence-electron chi connectivity index (χ0n) is 10.4. The molecule has 1 amide bonds. The van der Waals surface area contributed by atoms with Crippen LogP contribution in [0.1, 0.15) is 24.9 Å². The van der Waals surface area contributed by atoms with Gasteiger partial charge in [0.15, 0.2) is 0 Å². The molecule has 2 N–H and O–H groups in total. The summed E-state index contributed by atoms with van der Waals surface area (Å²) in [6.45, 7) is 0.603. The van der Waals surface area contributed by atoms with Gasteiger partial charge < -0.3 is 10.4 Å². The van der Waals surface area contributed by atoms with Crippen LogP contribution in [-0.2, 0) is 4.79 Å². The summed E-state index contributed by atoms with van der Waals surface area (Å²) in [6, 6.07) is 8.55. The van der Waals surface area contributed by atoms with Crippen molar-refractivity contribution in [1.82, 2.24) is 5.32 Å². The molecule has 0 aromatic heterocycles. The second-order valence-electron chi connectivity index (χ2n) is 4.33. The van der Waals surface area contributed by atoms with Gasteiger partial charge in [0.1, 0.15) is 0 Å². The van der Waals surface area contributed by atoms with Crippen molar-refractivity contribution in [1.29, 1.82) is 0 Å². The molecule has 2 atom stereocenters. The van der Waals surface area contributed by atoms with Crippen molar-refractivity contribution in [2.24, 2.45) is 5.92 Å². The van der Waals surface area contributed by atoms with E-state index in [1.54, 1.807) is 31.2 Å². The van der Waals surface area contributed by atoms with Gasteiger partial charge in [0, 0.05) is 6.42 Å². The van der Waals surface area contributed by atoms with Gasteiger partial charge in [-0.1, -0.05) is 30.3 Å². The topological polar surface area (TPSA) is 49.3 Å². The Hall–Kier alpha value is -1.56. The molecule has 0 spiro atoms. The molecule has 0 aliphatic heterocycles. The first kappa shape index (κ1) is 15.5. The smallest absolute Gasteiger partial charge is 0.394 e. The lowest BCUT2D eigenvalue weighted by Crippen LogP contribution is -2.34. The summed E-state index contributed by atoms with van der Waals surface area (Å²) in [5, 5.41) is 11.1. The molecule has 1 unspecified atom stereocenters. The molecule has 0 fully saturated rings. The van der Waals surface area contributed by atoms with Gasteiger partial charge in [0.25, 0.3) is 0 Å². The summed E-state index contributed by atoms with van der Waals surface area (Å²) in [7, 11) is 0. The molecule has 1 aromatic carbocycles. The molecule has 0 heterocycles. The maximum Gasteiger partial charge on any atom is 0.394 e. The first-order chi connectivity index (χ1) is 8.84. The third-order valence-corrected chi connectivity index (χ3v) is 2.79. The number of benzene rings is 1. The summed E-state index contributed by atoms with van der Waals surface area (Å²) in [4.78, 5) is 11.5. The van der Waals surface area contributed by atoms with Crippen LogP contribution in [0.25, 0.3) is 0 Å². The Bertz CT molecular complexity index is 406. The van der Waals surface area contributed by atoms with Crippen molar-refractivity contribution < 1.29 is 23.1 Å². The van der Waals surface area contributed by atoms with E-state index in [1.165, 1.54) is 0 Å². The maximum atomic E-state index is 12.4. The zero-order valence-corrected chi connectivity index (χ0v) is 10.4. The van der Waals surface area contributed by atoms with E-state index >= 15 is 0 Å². The summed E-state index contributed by atoms with van der Waals surface area (Å²) < 4.78 is 37.2. The molecule has 106 valence electrons. The van der Waals surface area contributed by atoms with Crippen LogP contribution in [0.5, 0.6) is 0 Å². The Morgan fingerprint density at radius 3 is 2.37 bits per heavy atom. The van der Waals surface area contributed by atoms with Crippen molar-refractivity contribution in [2.45, 2.75) is 25.6 Å². The van der Waals surface area contributed by atoms with Gasteiger partial charge >= 0.3 is 6.18 Å². The lowest BCUT2D eigenvalue weighted by atomic mass is 10.0. The second kappa shape index (κ2) is 6.56. The van der Waals surface area contributed by atoms with E-state index in [-0.39, 0.29) is 6.04 Å². The van der Waals surface area contributed by atoms with Crippen LogP contribution in [0, 0.1) is 5.92 Å². The lowest BCUT2D eigenvalue weighted by molar-refractivity contribution is -0.187. The van der Waals surface area contributed by atoms with Gasteiger partial charge in [-0.15, -0.1) is 0 Å². The summed E-state index contributed by atoms with van der Waals surface area (Å²) in [5.41, 5.74) is 0.809. The largest absolute Gasteiger partial charge is 0.396 e. The van der Waals surface area contributed by atoms with E-state index in [1.807, 2.05) is 6.07 Å². The summed E-state index contributed by atoms with van der Waals surface area (Å²) in [6.07, 6.45) is -5.33. The molecule has 0 radical (unpaired) electrons. The molecule has 0 aliphatic rings. The third-order valence-electron chi connectivity index (χ3n) is 2.79. The molecule has 0 saturated carbocycles. The summed E-state index contributed by atoms with van der Waals surface area (Å²) in [5.74, 6) is -2.75. The highest BCUT2D eigenvalue weighted by Gasteiger charge is 2.40. The molecule has 1 rings (SSSR count). The monoisotopic (exact) mass is 275 g/mol. The fourth-order valence-electron chi connectivity index (χ4n) is 1.63. The van der Waals surface area contributed by atoms with Crippen molar-refractivity contribution in [2.75, 3.05) is 6.61 Å². The Labute approximate surface area is 109 Å².